The van der Waals surface area contributed by atoms with E-state index in [0.29, 0.717) is 11.2 Å². The summed E-state index contributed by atoms with van der Waals surface area (Å²) >= 11 is 0. The molecule has 24 heavy (non-hydrogen) atoms. The molecule has 1 aromatic carbocycles. The van der Waals surface area contributed by atoms with E-state index in [1.165, 1.54) is 6.07 Å². The maximum absolute atomic E-state index is 14.5. The minimum Gasteiger partial charge on any atom is -0.357 e. The molecular weight excluding hydrogens is 305 g/mol. The Morgan fingerprint density at radius 1 is 1.12 bits per heavy atom. The van der Waals surface area contributed by atoms with Crippen LogP contribution in [0.5, 0.6) is 0 Å². The normalized spacial score (nSPS) is 18.5. The Balaban J connectivity index is 1.59. The number of hydrogen-bond donors (Lipinski definition) is 1. The molecule has 126 valence electrons. The highest BCUT2D eigenvalue weighted by Gasteiger charge is 2.23. The van der Waals surface area contributed by atoms with Crippen LogP contribution in [0.25, 0.3) is 10.9 Å². The minimum atomic E-state index is -0.379. The quantitative estimate of drug-likeness (QED) is 0.923. The maximum Gasteiger partial charge on any atom is 0.227 e. The summed E-state index contributed by atoms with van der Waals surface area (Å²) in [6, 6.07) is 7.03. The molecule has 4 rings (SSSR count). The zero-order chi connectivity index (χ0) is 16.5. The van der Waals surface area contributed by atoms with Crippen molar-refractivity contribution in [1.82, 2.24) is 4.98 Å². The fraction of sp³-hybridized carbons (Fsp3) is 0.474. The molecule has 2 aromatic rings. The van der Waals surface area contributed by atoms with Crippen molar-refractivity contribution in [2.45, 2.75) is 38.5 Å². The van der Waals surface area contributed by atoms with Crippen LogP contribution in [0.1, 0.15) is 38.5 Å². The summed E-state index contributed by atoms with van der Waals surface area (Å²) in [5.41, 5.74) is 0.894. The average molecular weight is 327 g/mol. The highest BCUT2D eigenvalue weighted by Crippen LogP contribution is 2.28. The van der Waals surface area contributed by atoms with Gasteiger partial charge in [0, 0.05) is 30.1 Å². The third kappa shape index (κ3) is 2.95. The Kier molecular flexibility index (Phi) is 4.08. The Hall–Kier alpha value is -2.17. The van der Waals surface area contributed by atoms with Gasteiger partial charge in [-0.1, -0.05) is 12.8 Å². The Labute approximate surface area is 141 Å². The largest absolute Gasteiger partial charge is 0.357 e. The predicted octanol–water partition coefficient (Wildman–Crippen LogP) is 4.10. The van der Waals surface area contributed by atoms with Gasteiger partial charge < -0.3 is 10.2 Å². The van der Waals surface area contributed by atoms with E-state index in [0.717, 1.165) is 62.8 Å². The number of anilines is 2. The van der Waals surface area contributed by atoms with Gasteiger partial charge in [-0.15, -0.1) is 0 Å². The molecule has 0 radical (unpaired) electrons. The Morgan fingerprint density at radius 3 is 2.62 bits per heavy atom. The molecule has 0 unspecified atom stereocenters. The number of amides is 1. The van der Waals surface area contributed by atoms with E-state index in [2.05, 4.69) is 15.2 Å². The maximum atomic E-state index is 14.5. The molecule has 0 spiro atoms. The van der Waals surface area contributed by atoms with Crippen molar-refractivity contribution in [2.24, 2.45) is 5.92 Å². The molecule has 0 bridgehead atoms. The van der Waals surface area contributed by atoms with Gasteiger partial charge in [0.2, 0.25) is 5.91 Å². The summed E-state index contributed by atoms with van der Waals surface area (Å²) in [6.07, 6.45) is 6.40. The smallest absolute Gasteiger partial charge is 0.227 e. The standard InChI is InChI=1S/C19H22FN3O/c20-16-12-15(21-19(24)13-5-1-2-6-13)11-14-7-8-17(22-18(14)16)23-9-3-4-10-23/h7-8,11-13H,1-6,9-10H2,(H,21,24). The lowest BCUT2D eigenvalue weighted by Gasteiger charge is -2.17. The molecule has 2 heterocycles. The fourth-order valence-corrected chi connectivity index (χ4v) is 3.81. The number of carbonyl (C=O) groups is 1. The van der Waals surface area contributed by atoms with E-state index in [-0.39, 0.29) is 17.6 Å². The molecule has 1 aliphatic heterocycles. The number of carbonyl (C=O) groups excluding carboxylic acids is 1. The van der Waals surface area contributed by atoms with Gasteiger partial charge in [-0.2, -0.15) is 0 Å². The first-order valence-electron chi connectivity index (χ1n) is 8.87. The van der Waals surface area contributed by atoms with Crippen LogP contribution in [0.2, 0.25) is 0 Å². The van der Waals surface area contributed by atoms with E-state index in [4.69, 9.17) is 0 Å². The summed E-state index contributed by atoms with van der Waals surface area (Å²) in [6.45, 7) is 1.96. The molecular formula is C19H22FN3O. The number of nitrogens with one attached hydrogen (secondary N) is 1. The second kappa shape index (κ2) is 6.38. The lowest BCUT2D eigenvalue weighted by molar-refractivity contribution is -0.119. The summed E-state index contributed by atoms with van der Waals surface area (Å²) in [5, 5.41) is 3.59. The summed E-state index contributed by atoms with van der Waals surface area (Å²) in [5.74, 6) is 0.532. The minimum absolute atomic E-state index is 0.00731. The topological polar surface area (TPSA) is 45.2 Å². The van der Waals surface area contributed by atoms with Gasteiger partial charge >= 0.3 is 0 Å². The van der Waals surface area contributed by atoms with Gasteiger partial charge in [0.05, 0.1) is 0 Å². The lowest BCUT2D eigenvalue weighted by atomic mass is 10.1. The van der Waals surface area contributed by atoms with Crippen molar-refractivity contribution in [2.75, 3.05) is 23.3 Å². The van der Waals surface area contributed by atoms with Crippen LogP contribution in [0.4, 0.5) is 15.9 Å². The van der Waals surface area contributed by atoms with Crippen LogP contribution in [0.15, 0.2) is 24.3 Å². The number of fused-ring (bicyclic) bond motifs is 1. The fourth-order valence-electron chi connectivity index (χ4n) is 3.81. The highest BCUT2D eigenvalue weighted by molar-refractivity contribution is 5.95. The third-order valence-corrected chi connectivity index (χ3v) is 5.15. The number of benzene rings is 1. The molecule has 2 fully saturated rings. The number of hydrogen-bond acceptors (Lipinski definition) is 3. The van der Waals surface area contributed by atoms with Gasteiger partial charge in [0.1, 0.15) is 11.3 Å². The second-order valence-electron chi connectivity index (χ2n) is 6.86. The van der Waals surface area contributed by atoms with E-state index < -0.39 is 0 Å². The van der Waals surface area contributed by atoms with Gasteiger partial charge in [-0.3, -0.25) is 4.79 Å². The van der Waals surface area contributed by atoms with Crippen molar-refractivity contribution >= 4 is 28.3 Å². The van der Waals surface area contributed by atoms with Crippen molar-refractivity contribution in [3.8, 4) is 0 Å². The van der Waals surface area contributed by atoms with Gasteiger partial charge in [-0.05, 0) is 49.9 Å². The van der Waals surface area contributed by atoms with Crippen LogP contribution >= 0.6 is 0 Å². The van der Waals surface area contributed by atoms with Crippen LogP contribution in [0.3, 0.4) is 0 Å². The van der Waals surface area contributed by atoms with E-state index in [1.54, 1.807) is 0 Å². The number of halogens is 1. The molecule has 1 saturated carbocycles. The van der Waals surface area contributed by atoms with Gasteiger partial charge in [0.15, 0.2) is 5.82 Å². The van der Waals surface area contributed by atoms with Crippen molar-refractivity contribution in [3.05, 3.63) is 30.1 Å². The molecule has 1 aromatic heterocycles. The number of aromatic nitrogens is 1. The first kappa shape index (κ1) is 15.4. The molecule has 1 amide bonds. The third-order valence-electron chi connectivity index (χ3n) is 5.15. The summed E-state index contributed by atoms with van der Waals surface area (Å²) in [4.78, 5) is 18.9. The molecule has 2 aliphatic rings. The molecule has 0 atom stereocenters. The van der Waals surface area contributed by atoms with Gasteiger partial charge in [-0.25, -0.2) is 9.37 Å². The zero-order valence-corrected chi connectivity index (χ0v) is 13.7. The average Bonchev–Trinajstić information content (AvgIpc) is 3.28. The van der Waals surface area contributed by atoms with Crippen LogP contribution in [-0.4, -0.2) is 24.0 Å². The van der Waals surface area contributed by atoms with E-state index >= 15 is 0 Å². The lowest BCUT2D eigenvalue weighted by Crippen LogP contribution is -2.20. The number of pyridine rings is 1. The van der Waals surface area contributed by atoms with Crippen molar-refractivity contribution in [1.29, 1.82) is 0 Å². The van der Waals surface area contributed by atoms with Crippen LogP contribution in [-0.2, 0) is 4.79 Å². The summed E-state index contributed by atoms with van der Waals surface area (Å²) < 4.78 is 14.5. The van der Waals surface area contributed by atoms with Gasteiger partial charge in [0.25, 0.3) is 0 Å². The first-order valence-corrected chi connectivity index (χ1v) is 8.87. The number of nitrogens with zero attached hydrogens (tertiary/aromatic N) is 2. The SMILES string of the molecule is O=C(Nc1cc(F)c2nc(N3CCCC3)ccc2c1)C1CCCC1. The van der Waals surface area contributed by atoms with Crippen molar-refractivity contribution < 1.29 is 9.18 Å². The van der Waals surface area contributed by atoms with Crippen LogP contribution in [0, 0.1) is 11.7 Å². The van der Waals surface area contributed by atoms with Crippen LogP contribution < -0.4 is 10.2 Å². The molecule has 4 nitrogen and oxygen atoms in total. The van der Waals surface area contributed by atoms with E-state index in [1.807, 2.05) is 18.2 Å². The zero-order valence-electron chi connectivity index (χ0n) is 13.7. The monoisotopic (exact) mass is 327 g/mol. The molecule has 1 saturated heterocycles. The Bertz CT molecular complexity index is 765. The van der Waals surface area contributed by atoms with Crippen molar-refractivity contribution in [3.63, 3.8) is 0 Å². The molecule has 1 aliphatic carbocycles. The summed E-state index contributed by atoms with van der Waals surface area (Å²) in [7, 11) is 0. The second-order valence-corrected chi connectivity index (χ2v) is 6.86. The highest BCUT2D eigenvalue weighted by atomic mass is 19.1. The number of rotatable bonds is 3. The predicted molar refractivity (Wildman–Crippen MR) is 93.7 cm³/mol. The van der Waals surface area contributed by atoms with E-state index in [9.17, 15) is 9.18 Å². The molecule has 5 heteroatoms. The first-order chi connectivity index (χ1) is 11.7. The Morgan fingerprint density at radius 2 is 1.88 bits per heavy atom. The molecule has 1 N–H and O–H groups in total.